The van der Waals surface area contributed by atoms with Crippen molar-refractivity contribution in [1.82, 2.24) is 0 Å². The predicted molar refractivity (Wildman–Crippen MR) is 95.4 cm³/mol. The summed E-state index contributed by atoms with van der Waals surface area (Å²) in [5.74, 6) is 0.190. The number of hydrogen-bond donors (Lipinski definition) is 0. The van der Waals surface area contributed by atoms with Gasteiger partial charge in [0.15, 0.2) is 5.78 Å². The van der Waals surface area contributed by atoms with E-state index in [0.717, 1.165) is 46.0 Å². The zero-order valence-corrected chi connectivity index (χ0v) is 13.8. The summed E-state index contributed by atoms with van der Waals surface area (Å²) < 4.78 is 1.03. The van der Waals surface area contributed by atoms with Crippen molar-refractivity contribution in [1.29, 1.82) is 0 Å². The fourth-order valence-electron chi connectivity index (χ4n) is 2.73. The van der Waals surface area contributed by atoms with Crippen LogP contribution < -0.4 is 0 Å². The molecule has 0 saturated heterocycles. The van der Waals surface area contributed by atoms with Crippen molar-refractivity contribution in [3.8, 4) is 0 Å². The van der Waals surface area contributed by atoms with Crippen LogP contribution in [0.3, 0.4) is 0 Å². The number of ketones is 1. The largest absolute Gasteiger partial charge is 0.289 e. The molecule has 0 amide bonds. The molecule has 0 aliphatic heterocycles. The molecule has 0 radical (unpaired) electrons. The number of halogens is 1. The molecule has 0 bridgehead atoms. The molecular weight excluding hydrogens is 336 g/mol. The Morgan fingerprint density at radius 2 is 1.45 bits per heavy atom. The average Bonchev–Trinajstić information content (AvgIpc) is 2.52. The van der Waals surface area contributed by atoms with Crippen molar-refractivity contribution >= 4 is 33.9 Å². The van der Waals surface area contributed by atoms with E-state index < -0.39 is 0 Å². The van der Waals surface area contributed by atoms with Crippen molar-refractivity contribution < 1.29 is 4.79 Å². The molecule has 0 spiro atoms. The Balaban J connectivity index is 1.88. The van der Waals surface area contributed by atoms with Crippen LogP contribution in [0, 0.1) is 0 Å². The molecule has 0 unspecified atom stereocenters. The van der Waals surface area contributed by atoms with Gasteiger partial charge in [-0.05, 0) is 54.7 Å². The second-order valence-electron chi connectivity index (χ2n) is 5.49. The van der Waals surface area contributed by atoms with E-state index in [1.165, 1.54) is 0 Å². The van der Waals surface area contributed by atoms with Gasteiger partial charge in [-0.3, -0.25) is 4.79 Å². The van der Waals surface area contributed by atoms with E-state index in [1.807, 2.05) is 66.7 Å². The topological polar surface area (TPSA) is 17.1 Å². The van der Waals surface area contributed by atoms with E-state index in [1.54, 1.807) is 0 Å². The van der Waals surface area contributed by atoms with Gasteiger partial charge in [0, 0.05) is 15.6 Å². The normalized spacial score (nSPS) is 18.9. The van der Waals surface area contributed by atoms with Gasteiger partial charge >= 0.3 is 0 Å². The first kappa shape index (κ1) is 15.0. The molecule has 3 rings (SSSR count). The third-order valence-corrected chi connectivity index (χ3v) is 4.30. The van der Waals surface area contributed by atoms with Crippen LogP contribution in [0.1, 0.15) is 30.4 Å². The highest BCUT2D eigenvalue weighted by Crippen LogP contribution is 2.28. The Kier molecular flexibility index (Phi) is 4.69. The summed E-state index contributed by atoms with van der Waals surface area (Å²) in [4.78, 5) is 12.7. The minimum Gasteiger partial charge on any atom is -0.289 e. The van der Waals surface area contributed by atoms with Crippen LogP contribution in [0.4, 0.5) is 0 Å². The molecular formula is C20H17BrO. The van der Waals surface area contributed by atoms with Crippen LogP contribution in [0.5, 0.6) is 0 Å². The van der Waals surface area contributed by atoms with E-state index >= 15 is 0 Å². The molecule has 0 heterocycles. The molecule has 1 aliphatic carbocycles. The van der Waals surface area contributed by atoms with Crippen LogP contribution in [-0.4, -0.2) is 5.78 Å². The lowest BCUT2D eigenvalue weighted by atomic mass is 9.87. The Morgan fingerprint density at radius 1 is 0.818 bits per heavy atom. The number of carbonyl (C=O) groups is 1. The number of hydrogen-bond acceptors (Lipinski definition) is 1. The minimum atomic E-state index is 0.190. The van der Waals surface area contributed by atoms with Gasteiger partial charge in [-0.15, -0.1) is 0 Å². The fraction of sp³-hybridized carbons (Fsp3) is 0.150. The van der Waals surface area contributed by atoms with Crippen molar-refractivity contribution in [2.45, 2.75) is 19.3 Å². The van der Waals surface area contributed by atoms with Gasteiger partial charge in [0.25, 0.3) is 0 Å². The minimum absolute atomic E-state index is 0.190. The number of rotatable bonds is 2. The predicted octanol–water partition coefficient (Wildman–Crippen LogP) is 5.67. The Hall–Kier alpha value is -1.93. The first-order chi connectivity index (χ1) is 10.7. The molecule has 0 aromatic heterocycles. The third-order valence-electron chi connectivity index (χ3n) is 3.81. The molecule has 1 aliphatic rings. The van der Waals surface area contributed by atoms with Crippen molar-refractivity contribution in [3.05, 3.63) is 81.3 Å². The molecule has 2 heteroatoms. The molecule has 2 aromatic rings. The number of allylic oxidation sites excluding steroid dienone is 2. The lowest BCUT2D eigenvalue weighted by Crippen LogP contribution is -2.12. The maximum atomic E-state index is 12.7. The highest BCUT2D eigenvalue weighted by atomic mass is 79.9. The summed E-state index contributed by atoms with van der Waals surface area (Å²) in [5, 5.41) is 0. The van der Waals surface area contributed by atoms with Gasteiger partial charge in [-0.25, -0.2) is 0 Å². The van der Waals surface area contributed by atoms with E-state index in [-0.39, 0.29) is 5.78 Å². The van der Waals surface area contributed by atoms with E-state index in [2.05, 4.69) is 15.9 Å². The highest BCUT2D eigenvalue weighted by Gasteiger charge is 2.20. The maximum absolute atomic E-state index is 12.7. The van der Waals surface area contributed by atoms with Crippen LogP contribution in [0.2, 0.25) is 0 Å². The van der Waals surface area contributed by atoms with Crippen LogP contribution in [0.25, 0.3) is 12.2 Å². The number of Topliss-reactive ketones (excluding diaryl/α,β-unsaturated/α-hetero) is 1. The average molecular weight is 353 g/mol. The van der Waals surface area contributed by atoms with Gasteiger partial charge in [-0.2, -0.15) is 0 Å². The van der Waals surface area contributed by atoms with Gasteiger partial charge < -0.3 is 0 Å². The standard InChI is InChI=1S/C20H17BrO/c21-19-11-4-8-16(14-19)13-18-10-5-9-17(20(18)22)12-15-6-2-1-3-7-15/h1-4,6-8,11-14H,5,9-10H2/b17-12+,18-13+. The molecule has 1 nitrogen and oxygen atoms in total. The first-order valence-corrected chi connectivity index (χ1v) is 8.28. The van der Waals surface area contributed by atoms with E-state index in [4.69, 9.17) is 0 Å². The summed E-state index contributed by atoms with van der Waals surface area (Å²) in [6.07, 6.45) is 6.80. The Bertz CT molecular complexity index is 741. The van der Waals surface area contributed by atoms with Crippen LogP contribution in [0.15, 0.2) is 70.2 Å². The summed E-state index contributed by atoms with van der Waals surface area (Å²) >= 11 is 3.47. The molecule has 1 fully saturated rings. The molecule has 1 saturated carbocycles. The molecule has 0 atom stereocenters. The first-order valence-electron chi connectivity index (χ1n) is 7.49. The van der Waals surface area contributed by atoms with E-state index in [9.17, 15) is 4.79 Å². The second kappa shape index (κ2) is 6.89. The lowest BCUT2D eigenvalue weighted by Gasteiger charge is -2.16. The quantitative estimate of drug-likeness (QED) is 0.636. The Morgan fingerprint density at radius 3 is 2.14 bits per heavy atom. The zero-order chi connectivity index (χ0) is 15.4. The molecule has 0 N–H and O–H groups in total. The number of benzene rings is 2. The fourth-order valence-corrected chi connectivity index (χ4v) is 3.14. The maximum Gasteiger partial charge on any atom is 0.185 e. The van der Waals surface area contributed by atoms with Gasteiger partial charge in [0.1, 0.15) is 0 Å². The molecule has 2 aromatic carbocycles. The molecule has 110 valence electrons. The summed E-state index contributed by atoms with van der Waals surface area (Å²) in [5.41, 5.74) is 3.98. The van der Waals surface area contributed by atoms with E-state index in [0.29, 0.717) is 0 Å². The number of carbonyl (C=O) groups excluding carboxylic acids is 1. The third kappa shape index (κ3) is 3.63. The highest BCUT2D eigenvalue weighted by molar-refractivity contribution is 9.10. The monoisotopic (exact) mass is 352 g/mol. The van der Waals surface area contributed by atoms with Gasteiger partial charge in [0.05, 0.1) is 0 Å². The van der Waals surface area contributed by atoms with Gasteiger partial charge in [-0.1, -0.05) is 58.4 Å². The molecule has 22 heavy (non-hydrogen) atoms. The van der Waals surface area contributed by atoms with Crippen molar-refractivity contribution in [2.75, 3.05) is 0 Å². The van der Waals surface area contributed by atoms with Crippen LogP contribution in [-0.2, 0) is 4.79 Å². The SMILES string of the molecule is O=C1/C(=C/c2ccccc2)CCC/C1=C\c1cccc(Br)c1. The second-order valence-corrected chi connectivity index (χ2v) is 6.40. The van der Waals surface area contributed by atoms with Crippen molar-refractivity contribution in [3.63, 3.8) is 0 Å². The summed E-state index contributed by atoms with van der Waals surface area (Å²) in [7, 11) is 0. The summed E-state index contributed by atoms with van der Waals surface area (Å²) in [6, 6.07) is 18.1. The Labute approximate surface area is 139 Å². The summed E-state index contributed by atoms with van der Waals surface area (Å²) in [6.45, 7) is 0. The van der Waals surface area contributed by atoms with Crippen molar-refractivity contribution in [2.24, 2.45) is 0 Å². The van der Waals surface area contributed by atoms with Crippen LogP contribution >= 0.6 is 15.9 Å². The smallest absolute Gasteiger partial charge is 0.185 e. The zero-order valence-electron chi connectivity index (χ0n) is 12.3. The van der Waals surface area contributed by atoms with Gasteiger partial charge in [0.2, 0.25) is 0 Å². The lowest BCUT2D eigenvalue weighted by molar-refractivity contribution is -0.112.